The van der Waals surface area contributed by atoms with Crippen LogP contribution in [-0.4, -0.2) is 11.7 Å². The summed E-state index contributed by atoms with van der Waals surface area (Å²) >= 11 is 0. The normalized spacial score (nSPS) is 38.1. The van der Waals surface area contributed by atoms with E-state index in [9.17, 15) is 22.8 Å². The van der Waals surface area contributed by atoms with Gasteiger partial charge < -0.3 is 5.32 Å². The lowest BCUT2D eigenvalue weighted by molar-refractivity contribution is -0.137. The minimum atomic E-state index is -4.43. The predicted molar refractivity (Wildman–Crippen MR) is 120 cm³/mol. The van der Waals surface area contributed by atoms with Crippen molar-refractivity contribution < 1.29 is 22.8 Å². The number of anilines is 1. The third-order valence-electron chi connectivity index (χ3n) is 9.74. The zero-order valence-corrected chi connectivity index (χ0v) is 19.3. The highest BCUT2D eigenvalue weighted by Crippen LogP contribution is 2.66. The first-order valence-electron chi connectivity index (χ1n) is 12.2. The zero-order valence-electron chi connectivity index (χ0n) is 19.3. The van der Waals surface area contributed by atoms with Crippen LogP contribution in [0.2, 0.25) is 0 Å². The van der Waals surface area contributed by atoms with Crippen LogP contribution >= 0.6 is 0 Å². The molecule has 0 heterocycles. The molecule has 1 aromatic carbocycles. The molecule has 33 heavy (non-hydrogen) atoms. The SMILES string of the molecule is C[C@]12CC[C@H]3[C@@H](CCC4=CC(=O)CC[C@@]43C)[C@@H]1CC[C@@H]2C(=O)Nc1cccc(C(F)(F)F)c1. The van der Waals surface area contributed by atoms with E-state index < -0.39 is 11.7 Å². The number of amides is 1. The van der Waals surface area contributed by atoms with Gasteiger partial charge in [-0.05, 0) is 97.8 Å². The fraction of sp³-hybridized carbons (Fsp3) is 0.630. The van der Waals surface area contributed by atoms with Crippen LogP contribution < -0.4 is 5.32 Å². The monoisotopic (exact) mass is 459 g/mol. The average molecular weight is 460 g/mol. The first kappa shape index (κ1) is 22.7. The number of rotatable bonds is 2. The van der Waals surface area contributed by atoms with Crippen LogP contribution in [0.15, 0.2) is 35.9 Å². The Balaban J connectivity index is 1.35. The van der Waals surface area contributed by atoms with Crippen molar-refractivity contribution in [3.05, 3.63) is 41.5 Å². The van der Waals surface area contributed by atoms with Gasteiger partial charge in [-0.3, -0.25) is 9.59 Å². The quantitative estimate of drug-likeness (QED) is 0.529. The highest BCUT2D eigenvalue weighted by Gasteiger charge is 2.60. The summed E-state index contributed by atoms with van der Waals surface area (Å²) in [5.74, 6) is 1.47. The lowest BCUT2D eigenvalue weighted by Crippen LogP contribution is -2.51. The van der Waals surface area contributed by atoms with Crippen molar-refractivity contribution in [1.82, 2.24) is 0 Å². The summed E-state index contributed by atoms with van der Waals surface area (Å²) in [5.41, 5.74) is 0.760. The number of hydrogen-bond donors (Lipinski definition) is 1. The molecule has 0 unspecified atom stereocenters. The van der Waals surface area contributed by atoms with Gasteiger partial charge in [-0.2, -0.15) is 13.2 Å². The zero-order chi connectivity index (χ0) is 23.6. The second-order valence-electron chi connectivity index (χ2n) is 11.2. The highest BCUT2D eigenvalue weighted by atomic mass is 19.4. The summed E-state index contributed by atoms with van der Waals surface area (Å²) in [6, 6.07) is 4.91. The van der Waals surface area contributed by atoms with Crippen molar-refractivity contribution in [3.8, 4) is 0 Å². The Hall–Kier alpha value is -2.11. The Morgan fingerprint density at radius 2 is 1.82 bits per heavy atom. The van der Waals surface area contributed by atoms with Gasteiger partial charge in [0.05, 0.1) is 5.56 Å². The van der Waals surface area contributed by atoms with E-state index in [2.05, 4.69) is 19.2 Å². The molecule has 0 saturated heterocycles. The molecule has 0 aromatic heterocycles. The van der Waals surface area contributed by atoms with Crippen LogP contribution in [0.1, 0.15) is 70.8 Å². The minimum Gasteiger partial charge on any atom is -0.326 e. The summed E-state index contributed by atoms with van der Waals surface area (Å²) in [4.78, 5) is 25.3. The fourth-order valence-corrected chi connectivity index (χ4v) is 7.99. The summed E-state index contributed by atoms with van der Waals surface area (Å²) < 4.78 is 39.2. The number of halogens is 3. The van der Waals surface area contributed by atoms with E-state index in [-0.39, 0.29) is 34.1 Å². The number of benzene rings is 1. The maximum atomic E-state index is 13.3. The molecular formula is C27H32F3NO2. The Kier molecular flexibility index (Phi) is 5.30. The van der Waals surface area contributed by atoms with Crippen molar-refractivity contribution in [3.63, 3.8) is 0 Å². The van der Waals surface area contributed by atoms with Gasteiger partial charge in [-0.15, -0.1) is 0 Å². The van der Waals surface area contributed by atoms with Gasteiger partial charge in [0.1, 0.15) is 0 Å². The Labute approximate surface area is 193 Å². The second kappa shape index (κ2) is 7.71. The van der Waals surface area contributed by atoms with Crippen LogP contribution in [0, 0.1) is 34.5 Å². The maximum absolute atomic E-state index is 13.3. The second-order valence-corrected chi connectivity index (χ2v) is 11.2. The molecule has 6 heteroatoms. The molecule has 1 amide bonds. The fourth-order valence-electron chi connectivity index (χ4n) is 7.99. The molecule has 4 aliphatic carbocycles. The predicted octanol–water partition coefficient (Wildman–Crippen LogP) is 6.79. The first-order chi connectivity index (χ1) is 15.5. The van der Waals surface area contributed by atoms with Crippen LogP contribution in [0.3, 0.4) is 0 Å². The van der Waals surface area contributed by atoms with Gasteiger partial charge >= 0.3 is 6.18 Å². The van der Waals surface area contributed by atoms with Crippen LogP contribution in [0.5, 0.6) is 0 Å². The van der Waals surface area contributed by atoms with Gasteiger partial charge in [0.25, 0.3) is 0 Å². The van der Waals surface area contributed by atoms with Crippen LogP contribution in [-0.2, 0) is 15.8 Å². The van der Waals surface area contributed by atoms with E-state index in [0.717, 1.165) is 57.1 Å². The molecule has 4 aliphatic rings. The molecule has 1 N–H and O–H groups in total. The molecule has 3 nitrogen and oxygen atoms in total. The van der Waals surface area contributed by atoms with E-state index in [1.54, 1.807) is 0 Å². The number of carbonyl (C=O) groups excluding carboxylic acids is 2. The number of carbonyl (C=O) groups is 2. The van der Waals surface area contributed by atoms with Gasteiger partial charge in [0, 0.05) is 18.0 Å². The highest BCUT2D eigenvalue weighted by molar-refractivity contribution is 5.93. The average Bonchev–Trinajstić information content (AvgIpc) is 3.11. The summed E-state index contributed by atoms with van der Waals surface area (Å²) in [6.45, 7) is 4.58. The molecule has 5 rings (SSSR count). The maximum Gasteiger partial charge on any atom is 0.416 e. The lowest BCUT2D eigenvalue weighted by Gasteiger charge is -2.58. The number of alkyl halides is 3. The molecule has 178 valence electrons. The first-order valence-corrected chi connectivity index (χ1v) is 12.2. The molecule has 0 radical (unpaired) electrons. The lowest BCUT2D eigenvalue weighted by atomic mass is 9.47. The van der Waals surface area contributed by atoms with E-state index in [0.29, 0.717) is 24.2 Å². The van der Waals surface area contributed by atoms with Crippen molar-refractivity contribution >= 4 is 17.4 Å². The van der Waals surface area contributed by atoms with Crippen molar-refractivity contribution in [2.24, 2.45) is 34.5 Å². The van der Waals surface area contributed by atoms with E-state index >= 15 is 0 Å². The van der Waals surface area contributed by atoms with Crippen LogP contribution in [0.4, 0.5) is 18.9 Å². The summed E-state index contributed by atoms with van der Waals surface area (Å²) in [6.07, 6.45) is 4.86. The molecular weight excluding hydrogens is 427 g/mol. The van der Waals surface area contributed by atoms with Gasteiger partial charge in [-0.25, -0.2) is 0 Å². The molecule has 0 aliphatic heterocycles. The smallest absolute Gasteiger partial charge is 0.326 e. The molecule has 1 aromatic rings. The van der Waals surface area contributed by atoms with Crippen molar-refractivity contribution in [2.45, 2.75) is 71.4 Å². The number of nitrogens with one attached hydrogen (secondary N) is 1. The summed E-state index contributed by atoms with van der Waals surface area (Å²) in [7, 11) is 0. The van der Waals surface area contributed by atoms with Gasteiger partial charge in [-0.1, -0.05) is 25.5 Å². The Morgan fingerprint density at radius 1 is 1.03 bits per heavy atom. The number of allylic oxidation sites excluding steroid dienone is 1. The third-order valence-corrected chi connectivity index (χ3v) is 9.74. The molecule has 0 bridgehead atoms. The van der Waals surface area contributed by atoms with Crippen LogP contribution in [0.25, 0.3) is 0 Å². The Morgan fingerprint density at radius 3 is 2.58 bits per heavy atom. The van der Waals surface area contributed by atoms with E-state index in [1.807, 2.05) is 6.08 Å². The number of hydrogen-bond acceptors (Lipinski definition) is 2. The standard InChI is InChI=1S/C27H32F3NO2/c1-25-12-10-19(32)15-16(25)6-7-20-21-8-9-23(26(21,2)13-11-22(20)25)24(33)31-18-5-3-4-17(14-18)27(28,29)30/h3-5,14-15,20-23H,6-13H2,1-2H3,(H,31,33)/t20-,21-,22-,23+,25-,26-/m0/s1. The van der Waals surface area contributed by atoms with Gasteiger partial charge in [0.2, 0.25) is 5.91 Å². The third kappa shape index (κ3) is 3.64. The molecule has 3 fully saturated rings. The van der Waals surface area contributed by atoms with Gasteiger partial charge in [0.15, 0.2) is 5.78 Å². The molecule has 6 atom stereocenters. The van der Waals surface area contributed by atoms with Crippen molar-refractivity contribution in [1.29, 1.82) is 0 Å². The van der Waals surface area contributed by atoms with E-state index in [4.69, 9.17) is 0 Å². The van der Waals surface area contributed by atoms with Crippen molar-refractivity contribution in [2.75, 3.05) is 5.32 Å². The Bertz CT molecular complexity index is 1010. The number of ketones is 1. The summed E-state index contributed by atoms with van der Waals surface area (Å²) in [5, 5.41) is 2.80. The molecule has 3 saturated carbocycles. The molecule has 0 spiro atoms. The van der Waals surface area contributed by atoms with E-state index in [1.165, 1.54) is 17.7 Å². The largest absolute Gasteiger partial charge is 0.416 e. The number of fused-ring (bicyclic) bond motifs is 5. The minimum absolute atomic E-state index is 0.0938. The topological polar surface area (TPSA) is 46.2 Å².